The van der Waals surface area contributed by atoms with Crippen molar-refractivity contribution < 1.29 is 4.79 Å². The van der Waals surface area contributed by atoms with Crippen LogP contribution in [0.2, 0.25) is 0 Å². The molecule has 3 heterocycles. The summed E-state index contributed by atoms with van der Waals surface area (Å²) in [5.41, 5.74) is 5.61. The molecule has 1 N–H and O–H groups in total. The van der Waals surface area contributed by atoms with Crippen molar-refractivity contribution in [3.63, 3.8) is 0 Å². The van der Waals surface area contributed by atoms with Gasteiger partial charge in [0.15, 0.2) is 5.82 Å². The first-order chi connectivity index (χ1) is 15.1. The second-order valence-electron chi connectivity index (χ2n) is 8.69. The average molecular weight is 420 g/mol. The highest BCUT2D eigenvalue weighted by molar-refractivity contribution is 5.80. The standard InChI is InChI=1S/C25H33N5O/c1-4-5-6-11-27-25(31)20-9-13-29(14-10-20)24-23-17-22(28-30(23)15-12-26-24)21-8-7-18(2)16-19(21)3/h7-8,12,15-17,20H,4-6,9-11,13-14H2,1-3H3,(H,27,31). The Morgan fingerprint density at radius 2 is 1.97 bits per heavy atom. The summed E-state index contributed by atoms with van der Waals surface area (Å²) in [7, 11) is 0. The van der Waals surface area contributed by atoms with Gasteiger partial charge in [0.2, 0.25) is 5.91 Å². The lowest BCUT2D eigenvalue weighted by molar-refractivity contribution is -0.125. The van der Waals surface area contributed by atoms with Gasteiger partial charge in [-0.05, 0) is 44.7 Å². The number of hydrogen-bond acceptors (Lipinski definition) is 4. The number of unbranched alkanes of at least 4 members (excludes halogenated alkanes) is 2. The number of aromatic nitrogens is 3. The molecule has 1 saturated heterocycles. The zero-order chi connectivity index (χ0) is 21.8. The molecule has 0 saturated carbocycles. The second kappa shape index (κ2) is 9.50. The number of anilines is 1. The van der Waals surface area contributed by atoms with Gasteiger partial charge < -0.3 is 10.2 Å². The first-order valence-corrected chi connectivity index (χ1v) is 11.5. The van der Waals surface area contributed by atoms with E-state index in [1.165, 1.54) is 24.0 Å². The molecule has 6 heteroatoms. The maximum atomic E-state index is 12.5. The summed E-state index contributed by atoms with van der Waals surface area (Å²) in [5.74, 6) is 1.27. The zero-order valence-corrected chi connectivity index (χ0v) is 18.9. The molecule has 2 aromatic heterocycles. The Morgan fingerprint density at radius 3 is 2.71 bits per heavy atom. The molecule has 1 aliphatic heterocycles. The number of rotatable bonds is 7. The van der Waals surface area contributed by atoms with Crippen LogP contribution in [0.5, 0.6) is 0 Å². The average Bonchev–Trinajstić information content (AvgIpc) is 3.20. The van der Waals surface area contributed by atoms with Gasteiger partial charge in [0.05, 0.1) is 5.69 Å². The number of piperidine rings is 1. The van der Waals surface area contributed by atoms with E-state index in [0.29, 0.717) is 0 Å². The van der Waals surface area contributed by atoms with Crippen LogP contribution in [0.25, 0.3) is 16.8 Å². The molecule has 0 aliphatic carbocycles. The summed E-state index contributed by atoms with van der Waals surface area (Å²) in [6, 6.07) is 8.59. The van der Waals surface area contributed by atoms with Crippen molar-refractivity contribution in [3.8, 4) is 11.3 Å². The summed E-state index contributed by atoms with van der Waals surface area (Å²) in [6.45, 7) is 8.89. The van der Waals surface area contributed by atoms with Gasteiger partial charge >= 0.3 is 0 Å². The van der Waals surface area contributed by atoms with Crippen LogP contribution in [-0.2, 0) is 4.79 Å². The Morgan fingerprint density at radius 1 is 1.16 bits per heavy atom. The van der Waals surface area contributed by atoms with Crippen LogP contribution in [0.15, 0.2) is 36.7 Å². The molecule has 0 bridgehead atoms. The van der Waals surface area contributed by atoms with Crippen molar-refractivity contribution in [2.24, 2.45) is 5.92 Å². The van der Waals surface area contributed by atoms with E-state index in [1.54, 1.807) is 0 Å². The van der Waals surface area contributed by atoms with Crippen molar-refractivity contribution in [2.75, 3.05) is 24.5 Å². The van der Waals surface area contributed by atoms with E-state index in [9.17, 15) is 4.79 Å². The zero-order valence-electron chi connectivity index (χ0n) is 18.9. The smallest absolute Gasteiger partial charge is 0.223 e. The molecule has 0 unspecified atom stereocenters. The second-order valence-corrected chi connectivity index (χ2v) is 8.69. The highest BCUT2D eigenvalue weighted by Gasteiger charge is 2.26. The van der Waals surface area contributed by atoms with E-state index >= 15 is 0 Å². The lowest BCUT2D eigenvalue weighted by atomic mass is 9.95. The van der Waals surface area contributed by atoms with Crippen LogP contribution in [0.4, 0.5) is 5.82 Å². The van der Waals surface area contributed by atoms with Crippen LogP contribution in [0.1, 0.15) is 50.2 Å². The molecule has 1 aromatic carbocycles. The largest absolute Gasteiger partial charge is 0.356 e. The normalized spacial score (nSPS) is 14.9. The Kier molecular flexibility index (Phi) is 6.54. The van der Waals surface area contributed by atoms with Crippen molar-refractivity contribution in [1.29, 1.82) is 0 Å². The minimum absolute atomic E-state index is 0.105. The van der Waals surface area contributed by atoms with Crippen molar-refractivity contribution in [2.45, 2.75) is 52.9 Å². The number of hydrogen-bond donors (Lipinski definition) is 1. The van der Waals surface area contributed by atoms with E-state index < -0.39 is 0 Å². The van der Waals surface area contributed by atoms with Crippen molar-refractivity contribution in [1.82, 2.24) is 19.9 Å². The summed E-state index contributed by atoms with van der Waals surface area (Å²) in [4.78, 5) is 19.4. The molecular weight excluding hydrogens is 386 g/mol. The Labute approximate surface area is 184 Å². The van der Waals surface area contributed by atoms with Gasteiger partial charge in [-0.3, -0.25) is 4.79 Å². The van der Waals surface area contributed by atoms with Gasteiger partial charge in [0.1, 0.15) is 5.52 Å². The van der Waals surface area contributed by atoms with Crippen LogP contribution in [-0.4, -0.2) is 40.1 Å². The van der Waals surface area contributed by atoms with E-state index in [2.05, 4.69) is 60.2 Å². The number of nitrogens with zero attached hydrogens (tertiary/aromatic N) is 4. The Bertz CT molecular complexity index is 1050. The Hall–Kier alpha value is -2.89. The third-order valence-corrected chi connectivity index (χ3v) is 6.27. The maximum absolute atomic E-state index is 12.5. The molecule has 6 nitrogen and oxygen atoms in total. The maximum Gasteiger partial charge on any atom is 0.223 e. The molecule has 4 rings (SSSR count). The van der Waals surface area contributed by atoms with Crippen LogP contribution < -0.4 is 10.2 Å². The van der Waals surface area contributed by atoms with Crippen molar-refractivity contribution >= 4 is 17.2 Å². The lowest BCUT2D eigenvalue weighted by Gasteiger charge is -2.32. The molecule has 1 aliphatic rings. The van der Waals surface area contributed by atoms with Crippen molar-refractivity contribution in [3.05, 3.63) is 47.8 Å². The topological polar surface area (TPSA) is 62.5 Å². The van der Waals surface area contributed by atoms with Crippen LogP contribution >= 0.6 is 0 Å². The predicted octanol–water partition coefficient (Wildman–Crippen LogP) is 4.54. The van der Waals surface area contributed by atoms with Gasteiger partial charge in [-0.25, -0.2) is 9.50 Å². The molecule has 3 aromatic rings. The summed E-state index contributed by atoms with van der Waals surface area (Å²) in [5, 5.41) is 7.92. The SMILES string of the molecule is CCCCCNC(=O)C1CCN(c2nccn3nc(-c4ccc(C)cc4C)cc23)CC1. The van der Waals surface area contributed by atoms with Gasteiger partial charge in [-0.15, -0.1) is 0 Å². The van der Waals surface area contributed by atoms with E-state index in [-0.39, 0.29) is 11.8 Å². The number of carbonyl (C=O) groups excluding carboxylic acids is 1. The molecular formula is C25H33N5O. The fourth-order valence-electron chi connectivity index (χ4n) is 4.47. The summed E-state index contributed by atoms with van der Waals surface area (Å²) in [6.07, 6.45) is 8.85. The van der Waals surface area contributed by atoms with E-state index in [4.69, 9.17) is 5.10 Å². The monoisotopic (exact) mass is 419 g/mol. The van der Waals surface area contributed by atoms with E-state index in [0.717, 1.165) is 61.5 Å². The van der Waals surface area contributed by atoms with Crippen LogP contribution in [0, 0.1) is 19.8 Å². The van der Waals surface area contributed by atoms with Gasteiger partial charge in [0, 0.05) is 43.5 Å². The summed E-state index contributed by atoms with van der Waals surface area (Å²) >= 11 is 0. The fourth-order valence-corrected chi connectivity index (χ4v) is 4.47. The minimum atomic E-state index is 0.105. The number of amides is 1. The number of carbonyl (C=O) groups is 1. The number of aryl methyl sites for hydroxylation is 2. The number of benzene rings is 1. The highest BCUT2D eigenvalue weighted by atomic mass is 16.1. The minimum Gasteiger partial charge on any atom is -0.356 e. The fraction of sp³-hybridized carbons (Fsp3) is 0.480. The first kappa shape index (κ1) is 21.3. The van der Waals surface area contributed by atoms with E-state index in [1.807, 2.05) is 16.9 Å². The number of fused-ring (bicyclic) bond motifs is 1. The predicted molar refractivity (Wildman–Crippen MR) is 125 cm³/mol. The molecule has 164 valence electrons. The molecule has 1 fully saturated rings. The quantitative estimate of drug-likeness (QED) is 0.571. The third-order valence-electron chi connectivity index (χ3n) is 6.27. The van der Waals surface area contributed by atoms with Gasteiger partial charge in [-0.2, -0.15) is 5.10 Å². The highest BCUT2D eigenvalue weighted by Crippen LogP contribution is 2.29. The lowest BCUT2D eigenvalue weighted by Crippen LogP contribution is -2.41. The third kappa shape index (κ3) is 4.73. The van der Waals surface area contributed by atoms with Gasteiger partial charge in [0.25, 0.3) is 0 Å². The number of nitrogens with one attached hydrogen (secondary N) is 1. The first-order valence-electron chi connectivity index (χ1n) is 11.5. The molecule has 31 heavy (non-hydrogen) atoms. The molecule has 0 atom stereocenters. The summed E-state index contributed by atoms with van der Waals surface area (Å²) < 4.78 is 1.92. The van der Waals surface area contributed by atoms with Gasteiger partial charge in [-0.1, -0.05) is 43.5 Å². The van der Waals surface area contributed by atoms with Crippen LogP contribution in [0.3, 0.4) is 0 Å². The molecule has 0 spiro atoms. The molecule has 1 amide bonds. The molecule has 0 radical (unpaired) electrons. The Balaban J connectivity index is 1.47.